The molecule has 0 unspecified atom stereocenters. The summed E-state index contributed by atoms with van der Waals surface area (Å²) in [5.41, 5.74) is 2.16. The Kier molecular flexibility index (Phi) is 4.90. The molecule has 16 heavy (non-hydrogen) atoms. The molecular weight excluding hydrogens is 200 g/mol. The van der Waals surface area contributed by atoms with E-state index in [-0.39, 0.29) is 5.60 Å². The van der Waals surface area contributed by atoms with Crippen molar-refractivity contribution in [3.63, 3.8) is 0 Å². The molecule has 0 saturated carbocycles. The van der Waals surface area contributed by atoms with Gasteiger partial charge in [0.25, 0.3) is 0 Å². The first kappa shape index (κ1) is 13.1. The molecule has 1 heterocycles. The molecule has 0 aliphatic heterocycles. The summed E-state index contributed by atoms with van der Waals surface area (Å²) in [5, 5.41) is 3.38. The predicted octanol–water partition coefficient (Wildman–Crippen LogP) is 2.29. The van der Waals surface area contributed by atoms with Crippen LogP contribution in [0.25, 0.3) is 0 Å². The van der Waals surface area contributed by atoms with Crippen LogP contribution >= 0.6 is 0 Å². The Hall–Kier alpha value is -0.930. The fraction of sp³-hybridized carbons (Fsp3) is 0.615. The minimum atomic E-state index is -0.104. The average molecular weight is 222 g/mol. The van der Waals surface area contributed by atoms with Crippen LogP contribution in [0.3, 0.4) is 0 Å². The molecule has 90 valence electrons. The first-order chi connectivity index (χ1) is 7.53. The first-order valence-electron chi connectivity index (χ1n) is 5.80. The molecule has 0 bridgehead atoms. The fourth-order valence-corrected chi connectivity index (χ4v) is 1.55. The average Bonchev–Trinajstić information content (AvgIpc) is 2.20. The zero-order valence-electron chi connectivity index (χ0n) is 10.7. The molecule has 0 aromatic carbocycles. The third kappa shape index (κ3) is 4.73. The number of hydrogen-bond acceptors (Lipinski definition) is 3. The zero-order valence-corrected chi connectivity index (χ0v) is 10.7. The maximum Gasteiger partial charge on any atom is 0.0750 e. The lowest BCUT2D eigenvalue weighted by atomic mass is 10.1. The van der Waals surface area contributed by atoms with Crippen LogP contribution in [0.15, 0.2) is 18.3 Å². The lowest BCUT2D eigenvalue weighted by Crippen LogP contribution is -2.37. The lowest BCUT2D eigenvalue weighted by molar-refractivity contribution is -0.00897. The van der Waals surface area contributed by atoms with E-state index in [0.29, 0.717) is 0 Å². The minimum absolute atomic E-state index is 0.104. The van der Waals surface area contributed by atoms with Gasteiger partial charge in [-0.3, -0.25) is 4.98 Å². The zero-order chi connectivity index (χ0) is 12.0. The molecule has 0 radical (unpaired) electrons. The van der Waals surface area contributed by atoms with Gasteiger partial charge in [-0.05, 0) is 39.3 Å². The van der Waals surface area contributed by atoms with Crippen molar-refractivity contribution >= 4 is 0 Å². The topological polar surface area (TPSA) is 34.1 Å². The van der Waals surface area contributed by atoms with Gasteiger partial charge in [0.05, 0.1) is 5.60 Å². The Morgan fingerprint density at radius 1 is 1.38 bits per heavy atom. The van der Waals surface area contributed by atoms with Crippen LogP contribution < -0.4 is 5.32 Å². The molecule has 3 nitrogen and oxygen atoms in total. The van der Waals surface area contributed by atoms with Crippen LogP contribution in [-0.4, -0.2) is 23.7 Å². The van der Waals surface area contributed by atoms with E-state index in [0.717, 1.165) is 25.4 Å². The smallest absolute Gasteiger partial charge is 0.0750 e. The summed E-state index contributed by atoms with van der Waals surface area (Å²) in [6.07, 6.45) is 1.91. The number of nitrogens with zero attached hydrogens (tertiary/aromatic N) is 1. The molecule has 1 rings (SSSR count). The van der Waals surface area contributed by atoms with Crippen LogP contribution in [0.1, 0.15) is 32.0 Å². The van der Waals surface area contributed by atoms with Gasteiger partial charge in [0.2, 0.25) is 0 Å². The second kappa shape index (κ2) is 5.97. The molecule has 0 saturated heterocycles. The van der Waals surface area contributed by atoms with Crippen molar-refractivity contribution in [1.29, 1.82) is 0 Å². The highest BCUT2D eigenvalue weighted by molar-refractivity contribution is 5.12. The standard InChI is InChI=1S/C13H22N2O/c1-5-16-13(3,4)10-14-8-12-7-6-11(2)15-9-12/h6-7,9,14H,5,8,10H2,1-4H3. The van der Waals surface area contributed by atoms with Crippen molar-refractivity contribution in [2.45, 2.75) is 39.8 Å². The van der Waals surface area contributed by atoms with Gasteiger partial charge in [-0.2, -0.15) is 0 Å². The van der Waals surface area contributed by atoms with Crippen molar-refractivity contribution in [2.75, 3.05) is 13.2 Å². The maximum absolute atomic E-state index is 5.61. The number of rotatable bonds is 6. The van der Waals surface area contributed by atoms with Gasteiger partial charge >= 0.3 is 0 Å². The van der Waals surface area contributed by atoms with E-state index >= 15 is 0 Å². The van der Waals surface area contributed by atoms with Crippen molar-refractivity contribution in [1.82, 2.24) is 10.3 Å². The van der Waals surface area contributed by atoms with Gasteiger partial charge in [-0.15, -0.1) is 0 Å². The van der Waals surface area contributed by atoms with E-state index in [1.165, 1.54) is 5.56 Å². The summed E-state index contributed by atoms with van der Waals surface area (Å²) in [7, 11) is 0. The number of aryl methyl sites for hydroxylation is 1. The Labute approximate surface area is 98.2 Å². The van der Waals surface area contributed by atoms with Crippen LogP contribution in [-0.2, 0) is 11.3 Å². The van der Waals surface area contributed by atoms with Crippen molar-refractivity contribution in [3.8, 4) is 0 Å². The number of aromatic nitrogens is 1. The molecule has 1 aromatic rings. The summed E-state index contributed by atoms with van der Waals surface area (Å²) in [4.78, 5) is 4.26. The molecule has 0 aliphatic rings. The predicted molar refractivity (Wildman–Crippen MR) is 66.4 cm³/mol. The quantitative estimate of drug-likeness (QED) is 0.802. The van der Waals surface area contributed by atoms with Gasteiger partial charge in [-0.25, -0.2) is 0 Å². The van der Waals surface area contributed by atoms with E-state index < -0.39 is 0 Å². The Balaban J connectivity index is 2.32. The third-order valence-corrected chi connectivity index (χ3v) is 2.39. The minimum Gasteiger partial charge on any atom is -0.375 e. The highest BCUT2D eigenvalue weighted by atomic mass is 16.5. The third-order valence-electron chi connectivity index (χ3n) is 2.39. The van der Waals surface area contributed by atoms with E-state index in [9.17, 15) is 0 Å². The maximum atomic E-state index is 5.61. The fourth-order valence-electron chi connectivity index (χ4n) is 1.55. The molecule has 0 atom stereocenters. The van der Waals surface area contributed by atoms with Gasteiger partial charge in [0, 0.05) is 31.6 Å². The summed E-state index contributed by atoms with van der Waals surface area (Å²) >= 11 is 0. The van der Waals surface area contributed by atoms with Crippen molar-refractivity contribution in [3.05, 3.63) is 29.6 Å². The molecule has 1 N–H and O–H groups in total. The van der Waals surface area contributed by atoms with E-state index in [1.54, 1.807) is 0 Å². The number of pyridine rings is 1. The summed E-state index contributed by atoms with van der Waals surface area (Å²) in [6.45, 7) is 10.6. The number of nitrogens with one attached hydrogen (secondary N) is 1. The second-order valence-corrected chi connectivity index (χ2v) is 4.60. The van der Waals surface area contributed by atoms with E-state index in [1.807, 2.05) is 26.1 Å². The van der Waals surface area contributed by atoms with Gasteiger partial charge in [0.15, 0.2) is 0 Å². The van der Waals surface area contributed by atoms with Gasteiger partial charge < -0.3 is 10.1 Å². The second-order valence-electron chi connectivity index (χ2n) is 4.60. The van der Waals surface area contributed by atoms with E-state index in [4.69, 9.17) is 4.74 Å². The van der Waals surface area contributed by atoms with Gasteiger partial charge in [-0.1, -0.05) is 6.07 Å². The molecule has 0 spiro atoms. The van der Waals surface area contributed by atoms with Crippen molar-refractivity contribution < 1.29 is 4.74 Å². The van der Waals surface area contributed by atoms with Gasteiger partial charge in [0.1, 0.15) is 0 Å². The van der Waals surface area contributed by atoms with Crippen LogP contribution in [0.2, 0.25) is 0 Å². The molecule has 0 aliphatic carbocycles. The SMILES string of the molecule is CCOC(C)(C)CNCc1ccc(C)nc1. The van der Waals surface area contributed by atoms with Crippen LogP contribution in [0.5, 0.6) is 0 Å². The molecule has 0 fully saturated rings. The lowest BCUT2D eigenvalue weighted by Gasteiger charge is -2.25. The summed E-state index contributed by atoms with van der Waals surface area (Å²) < 4.78 is 5.61. The molecule has 0 amide bonds. The van der Waals surface area contributed by atoms with Crippen LogP contribution in [0.4, 0.5) is 0 Å². The Bertz CT molecular complexity index is 306. The van der Waals surface area contributed by atoms with Crippen LogP contribution in [0, 0.1) is 6.92 Å². The highest BCUT2D eigenvalue weighted by Crippen LogP contribution is 2.07. The van der Waals surface area contributed by atoms with Crippen molar-refractivity contribution in [2.24, 2.45) is 0 Å². The Morgan fingerprint density at radius 3 is 2.69 bits per heavy atom. The normalized spacial score (nSPS) is 11.8. The highest BCUT2D eigenvalue weighted by Gasteiger charge is 2.16. The molecular formula is C13H22N2O. The largest absolute Gasteiger partial charge is 0.375 e. The number of ether oxygens (including phenoxy) is 1. The Morgan fingerprint density at radius 2 is 2.12 bits per heavy atom. The van der Waals surface area contributed by atoms with E-state index in [2.05, 4.69) is 30.2 Å². The molecule has 3 heteroatoms. The monoisotopic (exact) mass is 222 g/mol. The summed E-state index contributed by atoms with van der Waals surface area (Å²) in [6, 6.07) is 4.13. The first-order valence-corrected chi connectivity index (χ1v) is 5.80. The number of hydrogen-bond donors (Lipinski definition) is 1. The molecule has 1 aromatic heterocycles. The summed E-state index contributed by atoms with van der Waals surface area (Å²) in [5.74, 6) is 0.